The Balaban J connectivity index is 2.40. The highest BCUT2D eigenvalue weighted by Crippen LogP contribution is 2.26. The first-order valence-corrected chi connectivity index (χ1v) is 6.45. The zero-order valence-electron chi connectivity index (χ0n) is 11.2. The molecule has 1 N–H and O–H groups in total. The second-order valence-corrected chi connectivity index (χ2v) is 4.60. The number of hydrogen-bond donors (Lipinski definition) is 1. The summed E-state index contributed by atoms with van der Waals surface area (Å²) in [6.07, 6.45) is 1.91. The van der Waals surface area contributed by atoms with Crippen molar-refractivity contribution in [2.24, 2.45) is 0 Å². The van der Waals surface area contributed by atoms with Gasteiger partial charge in [0.1, 0.15) is 0 Å². The molecule has 0 saturated carbocycles. The molecule has 3 nitrogen and oxygen atoms in total. The molecule has 0 amide bonds. The minimum atomic E-state index is 0.468. The minimum absolute atomic E-state index is 0.468. The molecule has 1 aromatic heterocycles. The van der Waals surface area contributed by atoms with Crippen LogP contribution >= 0.6 is 0 Å². The Morgan fingerprint density at radius 3 is 2.61 bits per heavy atom. The minimum Gasteiger partial charge on any atom is -0.478 e. The Morgan fingerprint density at radius 1 is 1.22 bits per heavy atom. The van der Waals surface area contributed by atoms with Crippen LogP contribution in [0.25, 0.3) is 10.8 Å². The van der Waals surface area contributed by atoms with Crippen LogP contribution in [0, 0.1) is 0 Å². The van der Waals surface area contributed by atoms with Crippen molar-refractivity contribution in [1.82, 2.24) is 10.3 Å². The second kappa shape index (κ2) is 5.83. The summed E-state index contributed by atoms with van der Waals surface area (Å²) in [5, 5.41) is 5.72. The van der Waals surface area contributed by atoms with Crippen LogP contribution in [0.5, 0.6) is 5.88 Å². The van der Waals surface area contributed by atoms with Gasteiger partial charge in [0.25, 0.3) is 0 Å². The van der Waals surface area contributed by atoms with Crippen LogP contribution in [-0.4, -0.2) is 17.6 Å². The number of rotatable bonds is 5. The molecule has 0 aliphatic carbocycles. The van der Waals surface area contributed by atoms with Gasteiger partial charge in [-0.05, 0) is 23.9 Å². The van der Waals surface area contributed by atoms with Gasteiger partial charge in [-0.3, -0.25) is 0 Å². The van der Waals surface area contributed by atoms with Crippen molar-refractivity contribution in [3.8, 4) is 5.88 Å². The van der Waals surface area contributed by atoms with Crippen LogP contribution in [0.3, 0.4) is 0 Å². The van der Waals surface area contributed by atoms with Crippen LogP contribution in [0.15, 0.2) is 30.5 Å². The third kappa shape index (κ3) is 2.79. The summed E-state index contributed by atoms with van der Waals surface area (Å²) in [5.74, 6) is 0.724. The van der Waals surface area contributed by atoms with Gasteiger partial charge in [-0.1, -0.05) is 32.0 Å². The van der Waals surface area contributed by atoms with Crippen LogP contribution < -0.4 is 10.1 Å². The van der Waals surface area contributed by atoms with Crippen molar-refractivity contribution in [3.63, 3.8) is 0 Å². The van der Waals surface area contributed by atoms with E-state index in [4.69, 9.17) is 4.74 Å². The number of benzene rings is 1. The highest BCUT2D eigenvalue weighted by Gasteiger charge is 2.07. The molecular formula is C15H20N2O. The molecule has 2 rings (SSSR count). The number of nitrogens with one attached hydrogen (secondary N) is 1. The van der Waals surface area contributed by atoms with E-state index in [9.17, 15) is 0 Å². The number of pyridine rings is 1. The maximum Gasteiger partial charge on any atom is 0.221 e. The molecule has 0 saturated heterocycles. The van der Waals surface area contributed by atoms with E-state index >= 15 is 0 Å². The highest BCUT2D eigenvalue weighted by atomic mass is 16.5. The van der Waals surface area contributed by atoms with Crippen molar-refractivity contribution >= 4 is 10.8 Å². The van der Waals surface area contributed by atoms with E-state index in [2.05, 4.69) is 42.3 Å². The van der Waals surface area contributed by atoms with E-state index in [1.807, 2.05) is 19.2 Å². The molecule has 0 bridgehead atoms. The number of hydrogen-bond acceptors (Lipinski definition) is 3. The van der Waals surface area contributed by atoms with Crippen molar-refractivity contribution < 1.29 is 4.74 Å². The average Bonchev–Trinajstić information content (AvgIpc) is 2.38. The van der Waals surface area contributed by atoms with E-state index < -0.39 is 0 Å². The van der Waals surface area contributed by atoms with Gasteiger partial charge in [0.2, 0.25) is 5.88 Å². The number of ether oxygens (including phenoxy) is 1. The Bertz CT molecular complexity index is 523. The molecule has 2 aromatic rings. The van der Waals surface area contributed by atoms with Crippen LogP contribution in [0.4, 0.5) is 0 Å². The molecule has 0 aliphatic rings. The molecule has 0 fully saturated rings. The van der Waals surface area contributed by atoms with Gasteiger partial charge in [-0.25, -0.2) is 4.98 Å². The zero-order valence-corrected chi connectivity index (χ0v) is 11.2. The first-order valence-electron chi connectivity index (χ1n) is 6.45. The SMILES string of the molecule is CCOc1ncc(CNC(C)C)c2ccccc12. The number of nitrogens with zero attached hydrogens (tertiary/aromatic N) is 1. The fraction of sp³-hybridized carbons (Fsp3) is 0.400. The summed E-state index contributed by atoms with van der Waals surface area (Å²) in [6, 6.07) is 8.72. The predicted molar refractivity (Wildman–Crippen MR) is 74.9 cm³/mol. The summed E-state index contributed by atoms with van der Waals surface area (Å²) in [5.41, 5.74) is 1.21. The quantitative estimate of drug-likeness (QED) is 0.877. The van der Waals surface area contributed by atoms with E-state index in [-0.39, 0.29) is 0 Å². The van der Waals surface area contributed by atoms with Crippen molar-refractivity contribution in [1.29, 1.82) is 0 Å². The summed E-state index contributed by atoms with van der Waals surface area (Å²) in [7, 11) is 0. The highest BCUT2D eigenvalue weighted by molar-refractivity contribution is 5.89. The Labute approximate surface area is 108 Å². The van der Waals surface area contributed by atoms with Gasteiger partial charge in [0, 0.05) is 24.2 Å². The molecule has 0 unspecified atom stereocenters. The van der Waals surface area contributed by atoms with Crippen LogP contribution in [0.1, 0.15) is 26.3 Å². The lowest BCUT2D eigenvalue weighted by Gasteiger charge is -2.12. The maximum absolute atomic E-state index is 5.57. The van der Waals surface area contributed by atoms with Crippen molar-refractivity contribution in [2.45, 2.75) is 33.4 Å². The molecule has 0 aliphatic heterocycles. The van der Waals surface area contributed by atoms with E-state index in [0.29, 0.717) is 12.6 Å². The van der Waals surface area contributed by atoms with Crippen LogP contribution in [0.2, 0.25) is 0 Å². The van der Waals surface area contributed by atoms with E-state index in [1.54, 1.807) is 0 Å². The van der Waals surface area contributed by atoms with Gasteiger partial charge in [0.15, 0.2) is 0 Å². The topological polar surface area (TPSA) is 34.1 Å². The second-order valence-electron chi connectivity index (χ2n) is 4.60. The van der Waals surface area contributed by atoms with Gasteiger partial charge in [-0.2, -0.15) is 0 Å². The normalized spacial score (nSPS) is 11.1. The molecular weight excluding hydrogens is 224 g/mol. The van der Waals surface area contributed by atoms with E-state index in [0.717, 1.165) is 17.8 Å². The molecule has 0 radical (unpaired) electrons. The molecule has 0 spiro atoms. The van der Waals surface area contributed by atoms with Gasteiger partial charge in [-0.15, -0.1) is 0 Å². The third-order valence-electron chi connectivity index (χ3n) is 2.82. The lowest BCUT2D eigenvalue weighted by atomic mass is 10.1. The summed E-state index contributed by atoms with van der Waals surface area (Å²) in [4.78, 5) is 4.41. The summed E-state index contributed by atoms with van der Waals surface area (Å²) >= 11 is 0. The Morgan fingerprint density at radius 2 is 1.94 bits per heavy atom. The van der Waals surface area contributed by atoms with Crippen LogP contribution in [-0.2, 0) is 6.54 Å². The first kappa shape index (κ1) is 12.8. The molecule has 0 atom stereocenters. The first-order chi connectivity index (χ1) is 8.72. The van der Waals surface area contributed by atoms with Crippen molar-refractivity contribution in [3.05, 3.63) is 36.0 Å². The summed E-state index contributed by atoms with van der Waals surface area (Å²) < 4.78 is 5.57. The Hall–Kier alpha value is -1.61. The predicted octanol–water partition coefficient (Wildman–Crippen LogP) is 3.13. The molecule has 1 aromatic carbocycles. The largest absolute Gasteiger partial charge is 0.478 e. The lowest BCUT2D eigenvalue weighted by Crippen LogP contribution is -2.22. The monoisotopic (exact) mass is 244 g/mol. The molecule has 1 heterocycles. The number of aromatic nitrogens is 1. The van der Waals surface area contributed by atoms with Crippen molar-refractivity contribution in [2.75, 3.05) is 6.61 Å². The standard InChI is InChI=1S/C15H20N2O/c1-4-18-15-14-8-6-5-7-13(14)12(10-17-15)9-16-11(2)3/h5-8,10-11,16H,4,9H2,1-3H3. The van der Waals surface area contributed by atoms with Gasteiger partial charge in [0.05, 0.1) is 6.61 Å². The fourth-order valence-electron chi connectivity index (χ4n) is 1.93. The zero-order chi connectivity index (χ0) is 13.0. The molecule has 18 heavy (non-hydrogen) atoms. The fourth-order valence-corrected chi connectivity index (χ4v) is 1.93. The third-order valence-corrected chi connectivity index (χ3v) is 2.82. The van der Waals surface area contributed by atoms with E-state index in [1.165, 1.54) is 10.9 Å². The number of fused-ring (bicyclic) bond motifs is 1. The maximum atomic E-state index is 5.57. The van der Waals surface area contributed by atoms with Gasteiger partial charge >= 0.3 is 0 Å². The molecule has 96 valence electrons. The smallest absolute Gasteiger partial charge is 0.221 e. The Kier molecular flexibility index (Phi) is 4.15. The summed E-state index contributed by atoms with van der Waals surface area (Å²) in [6.45, 7) is 7.73. The van der Waals surface area contributed by atoms with Gasteiger partial charge < -0.3 is 10.1 Å². The lowest BCUT2D eigenvalue weighted by molar-refractivity contribution is 0.331. The molecule has 3 heteroatoms. The average molecular weight is 244 g/mol.